The summed E-state index contributed by atoms with van der Waals surface area (Å²) in [6.45, 7) is 6.00. The zero-order valence-corrected chi connectivity index (χ0v) is 11.2. The van der Waals surface area contributed by atoms with E-state index in [0.717, 1.165) is 11.1 Å². The highest BCUT2D eigenvalue weighted by atomic mass is 16.1. The van der Waals surface area contributed by atoms with Crippen LogP contribution in [0.5, 0.6) is 0 Å². The molecule has 2 rings (SSSR count). The molecule has 0 radical (unpaired) electrons. The Morgan fingerprint density at radius 3 is 2.18 bits per heavy atom. The highest BCUT2D eigenvalue weighted by Crippen LogP contribution is 2.26. The van der Waals surface area contributed by atoms with E-state index in [2.05, 4.69) is 24.4 Å². The lowest BCUT2D eigenvalue weighted by molar-refractivity contribution is -0.112. The Hall–Kier alpha value is -0.890. The smallest absolute Gasteiger partial charge is 0.183 e. The molecule has 1 N–H and O–H groups in total. The van der Waals surface area contributed by atoms with Gasteiger partial charge in [0, 0.05) is 6.04 Å². The molecule has 0 aromatic rings. The van der Waals surface area contributed by atoms with Gasteiger partial charge in [-0.25, -0.2) is 0 Å². The van der Waals surface area contributed by atoms with Crippen LogP contribution >= 0.6 is 0 Å². The molecule has 0 spiro atoms. The van der Waals surface area contributed by atoms with Crippen molar-refractivity contribution in [2.75, 3.05) is 0 Å². The van der Waals surface area contributed by atoms with Crippen molar-refractivity contribution in [1.82, 2.24) is 5.32 Å². The van der Waals surface area contributed by atoms with Gasteiger partial charge in [-0.15, -0.1) is 0 Å². The third kappa shape index (κ3) is 2.86. The second kappa shape index (κ2) is 4.77. The van der Waals surface area contributed by atoms with Crippen LogP contribution in [0.2, 0.25) is 0 Å². The zero-order chi connectivity index (χ0) is 12.5. The van der Waals surface area contributed by atoms with Crippen molar-refractivity contribution in [2.24, 2.45) is 0 Å². The van der Waals surface area contributed by atoms with Crippen molar-refractivity contribution in [1.29, 1.82) is 0 Å². The topological polar surface area (TPSA) is 29.1 Å². The van der Waals surface area contributed by atoms with Gasteiger partial charge in [-0.05, 0) is 44.8 Å². The van der Waals surface area contributed by atoms with E-state index in [0.29, 0.717) is 6.04 Å². The quantitative estimate of drug-likeness (QED) is 0.794. The fourth-order valence-corrected chi connectivity index (χ4v) is 3.15. The Bertz CT molecular complexity index is 350. The minimum absolute atomic E-state index is 0.135. The number of nitrogens with one attached hydrogen (secondary N) is 1. The molecule has 0 atom stereocenters. The highest BCUT2D eigenvalue weighted by molar-refractivity contribution is 6.08. The predicted octanol–water partition coefficient (Wildman–Crippen LogP) is 3.14. The Balaban J connectivity index is 2.10. The summed E-state index contributed by atoms with van der Waals surface area (Å²) in [6, 6.07) is 0.607. The lowest BCUT2D eigenvalue weighted by Gasteiger charge is -2.35. The van der Waals surface area contributed by atoms with Crippen LogP contribution in [0, 0.1) is 0 Å². The molecule has 0 saturated heterocycles. The molecule has 1 saturated carbocycles. The van der Waals surface area contributed by atoms with E-state index in [9.17, 15) is 4.79 Å². The minimum atomic E-state index is -0.135. The molecule has 94 valence electrons. The lowest BCUT2D eigenvalue weighted by Crippen LogP contribution is -2.48. The zero-order valence-electron chi connectivity index (χ0n) is 11.2. The summed E-state index contributed by atoms with van der Waals surface area (Å²) < 4.78 is 0. The van der Waals surface area contributed by atoms with Gasteiger partial charge < -0.3 is 5.32 Å². The summed E-state index contributed by atoms with van der Waals surface area (Å²) in [6.07, 6.45) is 10.7. The van der Waals surface area contributed by atoms with Gasteiger partial charge >= 0.3 is 0 Å². The second-order valence-corrected chi connectivity index (χ2v) is 5.75. The van der Waals surface area contributed by atoms with Crippen molar-refractivity contribution in [3.8, 4) is 0 Å². The third-order valence-corrected chi connectivity index (χ3v) is 3.87. The Morgan fingerprint density at radius 1 is 1.12 bits per heavy atom. The minimum Gasteiger partial charge on any atom is -0.302 e. The van der Waals surface area contributed by atoms with Gasteiger partial charge in [-0.3, -0.25) is 4.79 Å². The molecule has 0 bridgehead atoms. The summed E-state index contributed by atoms with van der Waals surface area (Å²) in [4.78, 5) is 11.7. The number of rotatable bonds is 2. The SMILES string of the molecule is CC1=CC(C)(NC2CCCCC2)C=C(C)C1=O. The first-order valence-corrected chi connectivity index (χ1v) is 6.71. The Labute approximate surface area is 104 Å². The predicted molar refractivity (Wildman–Crippen MR) is 70.9 cm³/mol. The van der Waals surface area contributed by atoms with Gasteiger partial charge in [0.05, 0.1) is 5.54 Å². The Morgan fingerprint density at radius 2 is 1.65 bits per heavy atom. The number of hydrogen-bond acceptors (Lipinski definition) is 2. The number of Topliss-reactive ketones (excluding diaryl/α,β-unsaturated/α-hetero) is 1. The van der Waals surface area contributed by atoms with E-state index in [1.807, 2.05) is 13.8 Å². The molecule has 0 amide bonds. The molecule has 0 heterocycles. The van der Waals surface area contributed by atoms with Crippen LogP contribution in [-0.2, 0) is 4.79 Å². The molecule has 1 fully saturated rings. The highest BCUT2D eigenvalue weighted by Gasteiger charge is 2.29. The van der Waals surface area contributed by atoms with Crippen LogP contribution in [0.15, 0.2) is 23.3 Å². The van der Waals surface area contributed by atoms with E-state index < -0.39 is 0 Å². The van der Waals surface area contributed by atoms with Crippen LogP contribution in [0.4, 0.5) is 0 Å². The van der Waals surface area contributed by atoms with Crippen LogP contribution in [0.3, 0.4) is 0 Å². The average molecular weight is 233 g/mol. The van der Waals surface area contributed by atoms with E-state index in [4.69, 9.17) is 0 Å². The number of hydrogen-bond donors (Lipinski definition) is 1. The summed E-state index contributed by atoms with van der Waals surface area (Å²) >= 11 is 0. The maximum Gasteiger partial charge on any atom is 0.183 e. The summed E-state index contributed by atoms with van der Waals surface area (Å²) in [5, 5.41) is 3.71. The summed E-state index contributed by atoms with van der Waals surface area (Å²) in [5.41, 5.74) is 1.61. The van der Waals surface area contributed by atoms with Gasteiger partial charge in [0.25, 0.3) is 0 Å². The molecule has 2 aliphatic carbocycles. The van der Waals surface area contributed by atoms with Crippen molar-refractivity contribution < 1.29 is 4.79 Å². The number of carbonyl (C=O) groups is 1. The van der Waals surface area contributed by atoms with Crippen molar-refractivity contribution in [3.05, 3.63) is 23.3 Å². The van der Waals surface area contributed by atoms with Crippen LogP contribution in [-0.4, -0.2) is 17.4 Å². The van der Waals surface area contributed by atoms with E-state index in [1.165, 1.54) is 32.1 Å². The van der Waals surface area contributed by atoms with E-state index in [1.54, 1.807) is 0 Å². The van der Waals surface area contributed by atoms with Crippen LogP contribution < -0.4 is 5.32 Å². The first-order chi connectivity index (χ1) is 8.00. The molecule has 17 heavy (non-hydrogen) atoms. The summed E-state index contributed by atoms with van der Waals surface area (Å²) in [7, 11) is 0. The van der Waals surface area contributed by atoms with Gasteiger partial charge in [-0.2, -0.15) is 0 Å². The van der Waals surface area contributed by atoms with Crippen molar-refractivity contribution in [3.63, 3.8) is 0 Å². The molecular weight excluding hydrogens is 210 g/mol. The van der Waals surface area contributed by atoms with Crippen LogP contribution in [0.25, 0.3) is 0 Å². The number of ketones is 1. The largest absolute Gasteiger partial charge is 0.302 e. The van der Waals surface area contributed by atoms with E-state index >= 15 is 0 Å². The molecule has 2 aliphatic rings. The third-order valence-electron chi connectivity index (χ3n) is 3.87. The standard InChI is InChI=1S/C15H23NO/c1-11-9-15(3,10-12(2)14(11)17)16-13-7-5-4-6-8-13/h9-10,13,16H,4-8H2,1-3H3. The number of carbonyl (C=O) groups excluding carboxylic acids is 1. The molecule has 0 aromatic carbocycles. The fraction of sp³-hybridized carbons (Fsp3) is 0.667. The lowest BCUT2D eigenvalue weighted by atomic mass is 9.85. The molecule has 0 unspecified atom stereocenters. The Kier molecular flexibility index (Phi) is 3.53. The number of allylic oxidation sites excluding steroid dienone is 2. The first kappa shape index (κ1) is 12.6. The van der Waals surface area contributed by atoms with Gasteiger partial charge in [-0.1, -0.05) is 31.4 Å². The van der Waals surface area contributed by atoms with Gasteiger partial charge in [0.2, 0.25) is 0 Å². The van der Waals surface area contributed by atoms with Crippen LogP contribution in [0.1, 0.15) is 52.9 Å². The molecule has 2 heteroatoms. The maximum absolute atomic E-state index is 11.7. The maximum atomic E-state index is 11.7. The second-order valence-electron chi connectivity index (χ2n) is 5.75. The molecular formula is C15H23NO. The van der Waals surface area contributed by atoms with Gasteiger partial charge in [0.1, 0.15) is 0 Å². The molecule has 0 aromatic heterocycles. The molecule has 0 aliphatic heterocycles. The average Bonchev–Trinajstić information content (AvgIpc) is 2.27. The summed E-state index contributed by atoms with van der Waals surface area (Å²) in [5.74, 6) is 0.188. The normalized spacial score (nSPS) is 25.5. The fourth-order valence-electron chi connectivity index (χ4n) is 3.15. The van der Waals surface area contributed by atoms with Crippen molar-refractivity contribution in [2.45, 2.75) is 64.5 Å². The first-order valence-electron chi connectivity index (χ1n) is 6.71. The van der Waals surface area contributed by atoms with Gasteiger partial charge in [0.15, 0.2) is 5.78 Å². The molecule has 2 nitrogen and oxygen atoms in total. The van der Waals surface area contributed by atoms with E-state index in [-0.39, 0.29) is 11.3 Å². The monoisotopic (exact) mass is 233 g/mol. The van der Waals surface area contributed by atoms with Crippen molar-refractivity contribution >= 4 is 5.78 Å².